The maximum absolute atomic E-state index is 4.32. The molecule has 0 aliphatic heterocycles. The van der Waals surface area contributed by atoms with Crippen LogP contribution in [0.25, 0.3) is 22.2 Å². The lowest BCUT2D eigenvalue weighted by atomic mass is 10.1. The van der Waals surface area contributed by atoms with Gasteiger partial charge in [-0.3, -0.25) is 0 Å². The van der Waals surface area contributed by atoms with Gasteiger partial charge in [0.2, 0.25) is 0 Å². The molecule has 0 saturated heterocycles. The number of nitrogens with zero attached hydrogens (tertiary/aromatic N) is 3. The Bertz CT molecular complexity index is 674. The van der Waals surface area contributed by atoms with Crippen molar-refractivity contribution in [1.29, 1.82) is 0 Å². The average Bonchev–Trinajstić information content (AvgIpc) is 2.67. The SMILES string of the molecule is Cn1cc(-c2ccncn2)c2cc(I)ccc21. The highest BCUT2D eigenvalue weighted by Crippen LogP contribution is 2.29. The van der Waals surface area contributed by atoms with E-state index in [1.165, 1.54) is 14.5 Å². The monoisotopic (exact) mass is 335 g/mol. The first-order chi connectivity index (χ1) is 8.25. The Labute approximate surface area is 113 Å². The molecule has 0 atom stereocenters. The number of hydrogen-bond acceptors (Lipinski definition) is 2. The van der Waals surface area contributed by atoms with Gasteiger partial charge in [-0.25, -0.2) is 9.97 Å². The molecule has 4 heteroatoms. The molecule has 0 amide bonds. The molecule has 0 aliphatic rings. The van der Waals surface area contributed by atoms with Gasteiger partial charge in [0.05, 0.1) is 5.69 Å². The van der Waals surface area contributed by atoms with Crippen molar-refractivity contribution in [3.8, 4) is 11.3 Å². The van der Waals surface area contributed by atoms with Gasteiger partial charge in [0.15, 0.2) is 0 Å². The van der Waals surface area contributed by atoms with Gasteiger partial charge in [-0.2, -0.15) is 0 Å². The molecule has 3 rings (SSSR count). The first-order valence-electron chi connectivity index (χ1n) is 5.26. The molecule has 0 N–H and O–H groups in total. The number of rotatable bonds is 1. The predicted octanol–water partition coefficient (Wildman–Crippen LogP) is 3.24. The van der Waals surface area contributed by atoms with Gasteiger partial charge in [0.25, 0.3) is 0 Å². The van der Waals surface area contributed by atoms with Crippen LogP contribution in [0.15, 0.2) is 43.0 Å². The molecule has 3 aromatic rings. The average molecular weight is 335 g/mol. The summed E-state index contributed by atoms with van der Waals surface area (Å²) in [6.45, 7) is 0. The van der Waals surface area contributed by atoms with Gasteiger partial charge in [0.1, 0.15) is 6.33 Å². The van der Waals surface area contributed by atoms with Crippen molar-refractivity contribution in [3.05, 3.63) is 46.6 Å². The van der Waals surface area contributed by atoms with Crippen LogP contribution in [0.1, 0.15) is 0 Å². The maximum atomic E-state index is 4.32. The molecule has 84 valence electrons. The van der Waals surface area contributed by atoms with Gasteiger partial charge >= 0.3 is 0 Å². The standard InChI is InChI=1S/C13H10IN3/c1-17-7-11(12-4-5-15-8-16-12)10-6-9(14)2-3-13(10)17/h2-8H,1H3. The molecule has 17 heavy (non-hydrogen) atoms. The fourth-order valence-electron chi connectivity index (χ4n) is 2.02. The molecule has 0 unspecified atom stereocenters. The fourth-order valence-corrected chi connectivity index (χ4v) is 2.51. The summed E-state index contributed by atoms with van der Waals surface area (Å²) in [5, 5.41) is 1.23. The molecule has 1 aromatic carbocycles. The second kappa shape index (κ2) is 4.10. The largest absolute Gasteiger partial charge is 0.350 e. The summed E-state index contributed by atoms with van der Waals surface area (Å²) in [6, 6.07) is 8.39. The smallest absolute Gasteiger partial charge is 0.116 e. The van der Waals surface area contributed by atoms with Crippen LogP contribution < -0.4 is 0 Å². The summed E-state index contributed by atoms with van der Waals surface area (Å²) < 4.78 is 3.36. The topological polar surface area (TPSA) is 30.7 Å². The normalized spacial score (nSPS) is 10.9. The third kappa shape index (κ3) is 1.82. The Kier molecular flexibility index (Phi) is 2.58. The molecular weight excluding hydrogens is 325 g/mol. The Morgan fingerprint density at radius 1 is 1.24 bits per heavy atom. The molecule has 2 aromatic heterocycles. The van der Waals surface area contributed by atoms with Crippen LogP contribution in [0.4, 0.5) is 0 Å². The van der Waals surface area contributed by atoms with Crippen LogP contribution in [0.3, 0.4) is 0 Å². The molecule has 3 nitrogen and oxygen atoms in total. The van der Waals surface area contributed by atoms with Crippen molar-refractivity contribution >= 4 is 33.5 Å². The van der Waals surface area contributed by atoms with E-state index < -0.39 is 0 Å². The van der Waals surface area contributed by atoms with E-state index in [9.17, 15) is 0 Å². The van der Waals surface area contributed by atoms with E-state index in [4.69, 9.17) is 0 Å². The zero-order valence-corrected chi connectivity index (χ0v) is 11.4. The molecule has 2 heterocycles. The van der Waals surface area contributed by atoms with Gasteiger partial charge in [0, 0.05) is 39.5 Å². The van der Waals surface area contributed by atoms with E-state index in [1.54, 1.807) is 12.5 Å². The Balaban J connectivity index is 2.34. The molecule has 0 spiro atoms. The zero-order valence-electron chi connectivity index (χ0n) is 9.26. The van der Waals surface area contributed by atoms with E-state index in [2.05, 4.69) is 68.6 Å². The molecule has 0 fully saturated rings. The van der Waals surface area contributed by atoms with Crippen LogP contribution in [0, 0.1) is 3.57 Å². The summed E-state index contributed by atoms with van der Waals surface area (Å²) >= 11 is 2.33. The molecular formula is C13H10IN3. The summed E-state index contributed by atoms with van der Waals surface area (Å²) in [6.07, 6.45) is 5.47. The fraction of sp³-hybridized carbons (Fsp3) is 0.0769. The highest BCUT2D eigenvalue weighted by molar-refractivity contribution is 14.1. The first-order valence-corrected chi connectivity index (χ1v) is 6.34. The Morgan fingerprint density at radius 2 is 2.12 bits per heavy atom. The molecule has 0 saturated carbocycles. The minimum absolute atomic E-state index is 0.965. The lowest BCUT2D eigenvalue weighted by Gasteiger charge is -1.98. The van der Waals surface area contributed by atoms with E-state index >= 15 is 0 Å². The van der Waals surface area contributed by atoms with E-state index in [0.29, 0.717) is 0 Å². The molecule has 0 aliphatic carbocycles. The lowest BCUT2D eigenvalue weighted by Crippen LogP contribution is -1.83. The van der Waals surface area contributed by atoms with Gasteiger partial charge in [-0.1, -0.05) is 0 Å². The summed E-state index contributed by atoms with van der Waals surface area (Å²) in [7, 11) is 2.06. The van der Waals surface area contributed by atoms with E-state index in [-0.39, 0.29) is 0 Å². The Morgan fingerprint density at radius 3 is 2.88 bits per heavy atom. The Hall–Kier alpha value is -1.43. The van der Waals surface area contributed by atoms with E-state index in [0.717, 1.165) is 11.3 Å². The van der Waals surface area contributed by atoms with Crippen molar-refractivity contribution in [1.82, 2.24) is 14.5 Å². The third-order valence-electron chi connectivity index (χ3n) is 2.81. The number of aromatic nitrogens is 3. The predicted molar refractivity (Wildman–Crippen MR) is 76.7 cm³/mol. The molecule has 0 radical (unpaired) electrons. The van der Waals surface area contributed by atoms with Gasteiger partial charge < -0.3 is 4.57 Å². The minimum Gasteiger partial charge on any atom is -0.350 e. The minimum atomic E-state index is 0.965. The quantitative estimate of drug-likeness (QED) is 0.639. The van der Waals surface area contributed by atoms with Crippen LogP contribution in [-0.4, -0.2) is 14.5 Å². The van der Waals surface area contributed by atoms with Gasteiger partial charge in [-0.05, 0) is 46.9 Å². The summed E-state index contributed by atoms with van der Waals surface area (Å²) in [4.78, 5) is 8.27. The van der Waals surface area contributed by atoms with Crippen molar-refractivity contribution < 1.29 is 0 Å². The molecule has 0 bridgehead atoms. The number of halogens is 1. The highest BCUT2D eigenvalue weighted by Gasteiger charge is 2.09. The highest BCUT2D eigenvalue weighted by atomic mass is 127. The van der Waals surface area contributed by atoms with E-state index in [1.807, 2.05) is 6.07 Å². The third-order valence-corrected chi connectivity index (χ3v) is 3.48. The summed E-state index contributed by atoms with van der Waals surface area (Å²) in [5.41, 5.74) is 3.34. The maximum Gasteiger partial charge on any atom is 0.116 e. The van der Waals surface area contributed by atoms with Crippen LogP contribution in [0.2, 0.25) is 0 Å². The second-order valence-electron chi connectivity index (χ2n) is 3.91. The van der Waals surface area contributed by atoms with Crippen molar-refractivity contribution in [3.63, 3.8) is 0 Å². The van der Waals surface area contributed by atoms with Crippen molar-refractivity contribution in [2.24, 2.45) is 7.05 Å². The second-order valence-corrected chi connectivity index (χ2v) is 5.16. The number of fused-ring (bicyclic) bond motifs is 1. The van der Waals surface area contributed by atoms with Crippen LogP contribution in [-0.2, 0) is 7.05 Å². The zero-order chi connectivity index (χ0) is 11.8. The number of benzene rings is 1. The first kappa shape index (κ1) is 10.7. The lowest BCUT2D eigenvalue weighted by molar-refractivity contribution is 0.969. The van der Waals surface area contributed by atoms with Gasteiger partial charge in [-0.15, -0.1) is 0 Å². The number of hydrogen-bond donors (Lipinski definition) is 0. The van der Waals surface area contributed by atoms with Crippen molar-refractivity contribution in [2.75, 3.05) is 0 Å². The van der Waals surface area contributed by atoms with Crippen molar-refractivity contribution in [2.45, 2.75) is 0 Å². The van der Waals surface area contributed by atoms with Crippen LogP contribution >= 0.6 is 22.6 Å². The number of aryl methyl sites for hydroxylation is 1. The summed E-state index contributed by atoms with van der Waals surface area (Å²) in [5.74, 6) is 0. The van der Waals surface area contributed by atoms with Crippen LogP contribution in [0.5, 0.6) is 0 Å².